The first-order chi connectivity index (χ1) is 11.3. The maximum Gasteiger partial charge on any atom is 0.226 e. The van der Waals surface area contributed by atoms with Gasteiger partial charge in [-0.1, -0.05) is 49.6 Å². The molecule has 1 amide bonds. The van der Waals surface area contributed by atoms with Crippen LogP contribution in [0, 0.1) is 11.8 Å². The number of nitrogens with zero attached hydrogens (tertiary/aromatic N) is 1. The molecule has 23 heavy (non-hydrogen) atoms. The molecule has 2 aliphatic carbocycles. The second kappa shape index (κ2) is 7.96. The fourth-order valence-corrected chi connectivity index (χ4v) is 4.44. The van der Waals surface area contributed by atoms with Crippen LogP contribution in [0.25, 0.3) is 0 Å². The minimum atomic E-state index is 0.177. The number of benzene rings is 1. The van der Waals surface area contributed by atoms with E-state index in [9.17, 15) is 4.79 Å². The molecule has 2 N–H and O–H groups in total. The van der Waals surface area contributed by atoms with E-state index in [1.807, 2.05) is 6.07 Å². The topological polar surface area (TPSA) is 46.3 Å². The number of hydrogen-bond acceptors (Lipinski definition) is 2. The Balaban J connectivity index is 1.68. The lowest BCUT2D eigenvalue weighted by molar-refractivity contribution is -0.138. The van der Waals surface area contributed by atoms with E-state index >= 15 is 0 Å². The SMILES string of the molecule is NC[C@H]1CCC[C@H]1C(=O)N(CCc1ccccc1)C1CCCC1. The van der Waals surface area contributed by atoms with Crippen LogP contribution in [-0.2, 0) is 11.2 Å². The summed E-state index contributed by atoms with van der Waals surface area (Å²) in [6.07, 6.45) is 9.19. The lowest BCUT2D eigenvalue weighted by Gasteiger charge is -2.33. The molecule has 2 aliphatic rings. The van der Waals surface area contributed by atoms with Gasteiger partial charge in [-0.25, -0.2) is 0 Å². The normalized spacial score (nSPS) is 24.9. The number of hydrogen-bond donors (Lipinski definition) is 1. The van der Waals surface area contributed by atoms with E-state index < -0.39 is 0 Å². The first kappa shape index (κ1) is 16.5. The van der Waals surface area contributed by atoms with Crippen LogP contribution in [0.5, 0.6) is 0 Å². The second-order valence-corrected chi connectivity index (χ2v) is 7.24. The van der Waals surface area contributed by atoms with Gasteiger partial charge in [0.1, 0.15) is 0 Å². The summed E-state index contributed by atoms with van der Waals surface area (Å²) in [5.74, 6) is 0.972. The van der Waals surface area contributed by atoms with E-state index in [1.165, 1.54) is 31.2 Å². The van der Waals surface area contributed by atoms with Crippen molar-refractivity contribution in [3.63, 3.8) is 0 Å². The molecule has 3 rings (SSSR count). The van der Waals surface area contributed by atoms with Crippen molar-refractivity contribution in [1.29, 1.82) is 0 Å². The quantitative estimate of drug-likeness (QED) is 0.875. The molecule has 0 unspecified atom stereocenters. The Morgan fingerprint density at radius 3 is 2.48 bits per heavy atom. The minimum Gasteiger partial charge on any atom is -0.339 e. The van der Waals surface area contributed by atoms with Crippen LogP contribution in [-0.4, -0.2) is 29.9 Å². The first-order valence-electron chi connectivity index (χ1n) is 9.34. The van der Waals surface area contributed by atoms with Crippen molar-refractivity contribution in [2.45, 2.75) is 57.4 Å². The van der Waals surface area contributed by atoms with Crippen molar-refractivity contribution in [2.75, 3.05) is 13.1 Å². The average molecular weight is 314 g/mol. The summed E-state index contributed by atoms with van der Waals surface area (Å²) in [6, 6.07) is 11.0. The van der Waals surface area contributed by atoms with Crippen LogP contribution >= 0.6 is 0 Å². The predicted molar refractivity (Wildman–Crippen MR) is 94.0 cm³/mol. The van der Waals surface area contributed by atoms with Crippen molar-refractivity contribution in [1.82, 2.24) is 4.90 Å². The molecule has 3 heteroatoms. The minimum absolute atomic E-state index is 0.177. The Morgan fingerprint density at radius 2 is 1.78 bits per heavy atom. The first-order valence-corrected chi connectivity index (χ1v) is 9.34. The summed E-state index contributed by atoms with van der Waals surface area (Å²) in [7, 11) is 0. The molecule has 0 aromatic heterocycles. The van der Waals surface area contributed by atoms with Gasteiger partial charge < -0.3 is 10.6 Å². The van der Waals surface area contributed by atoms with E-state index in [1.54, 1.807) is 0 Å². The van der Waals surface area contributed by atoms with Crippen LogP contribution < -0.4 is 5.73 Å². The number of amides is 1. The number of nitrogens with two attached hydrogens (primary N) is 1. The van der Waals surface area contributed by atoms with Crippen molar-refractivity contribution in [2.24, 2.45) is 17.6 Å². The van der Waals surface area contributed by atoms with Crippen molar-refractivity contribution in [3.05, 3.63) is 35.9 Å². The maximum atomic E-state index is 13.2. The van der Waals surface area contributed by atoms with E-state index in [0.717, 1.165) is 32.2 Å². The zero-order valence-electron chi connectivity index (χ0n) is 14.1. The number of rotatable bonds is 6. The molecular formula is C20H30N2O. The lowest BCUT2D eigenvalue weighted by Crippen LogP contribution is -2.45. The molecule has 0 bridgehead atoms. The van der Waals surface area contributed by atoms with Crippen LogP contribution in [0.2, 0.25) is 0 Å². The molecular weight excluding hydrogens is 284 g/mol. The van der Waals surface area contributed by atoms with Gasteiger partial charge in [0.15, 0.2) is 0 Å². The summed E-state index contributed by atoms with van der Waals surface area (Å²) in [4.78, 5) is 15.4. The number of carbonyl (C=O) groups is 1. The molecule has 0 radical (unpaired) electrons. The lowest BCUT2D eigenvalue weighted by atomic mass is 9.93. The number of carbonyl (C=O) groups excluding carboxylic acids is 1. The van der Waals surface area contributed by atoms with E-state index in [4.69, 9.17) is 5.73 Å². The average Bonchev–Trinajstić information content (AvgIpc) is 3.27. The summed E-state index contributed by atoms with van der Waals surface area (Å²) < 4.78 is 0. The Kier molecular flexibility index (Phi) is 5.71. The van der Waals surface area contributed by atoms with Gasteiger partial charge in [0.2, 0.25) is 5.91 Å². The highest BCUT2D eigenvalue weighted by molar-refractivity contribution is 5.80. The fraction of sp³-hybridized carbons (Fsp3) is 0.650. The predicted octanol–water partition coefficient (Wildman–Crippen LogP) is 3.38. The monoisotopic (exact) mass is 314 g/mol. The van der Waals surface area contributed by atoms with E-state index in [2.05, 4.69) is 29.2 Å². The largest absolute Gasteiger partial charge is 0.339 e. The molecule has 0 spiro atoms. The standard InChI is InChI=1S/C20H30N2O/c21-15-17-9-6-12-19(17)20(23)22(18-10-4-5-11-18)14-13-16-7-2-1-3-8-16/h1-3,7-8,17-19H,4-6,9-15,21H2/t17-,19-/m1/s1. The van der Waals surface area contributed by atoms with Gasteiger partial charge in [-0.15, -0.1) is 0 Å². The Morgan fingerprint density at radius 1 is 1.04 bits per heavy atom. The highest BCUT2D eigenvalue weighted by Crippen LogP contribution is 2.34. The van der Waals surface area contributed by atoms with Crippen molar-refractivity contribution >= 4 is 5.91 Å². The van der Waals surface area contributed by atoms with Gasteiger partial charge in [0.25, 0.3) is 0 Å². The summed E-state index contributed by atoms with van der Waals surface area (Å²) in [5, 5.41) is 0. The molecule has 0 aliphatic heterocycles. The summed E-state index contributed by atoms with van der Waals surface area (Å²) in [6.45, 7) is 1.52. The van der Waals surface area contributed by atoms with Gasteiger partial charge in [-0.2, -0.15) is 0 Å². The molecule has 2 fully saturated rings. The van der Waals surface area contributed by atoms with Crippen molar-refractivity contribution < 1.29 is 4.79 Å². The zero-order valence-corrected chi connectivity index (χ0v) is 14.1. The third-order valence-corrected chi connectivity index (χ3v) is 5.81. The molecule has 1 aromatic carbocycles. The highest BCUT2D eigenvalue weighted by Gasteiger charge is 2.37. The van der Waals surface area contributed by atoms with Crippen LogP contribution in [0.1, 0.15) is 50.5 Å². The van der Waals surface area contributed by atoms with E-state index in [-0.39, 0.29) is 5.92 Å². The van der Waals surface area contributed by atoms with E-state index in [0.29, 0.717) is 24.4 Å². The molecule has 126 valence electrons. The van der Waals surface area contributed by atoms with Gasteiger partial charge in [0, 0.05) is 18.5 Å². The molecule has 0 heterocycles. The fourth-order valence-electron chi connectivity index (χ4n) is 4.44. The van der Waals surface area contributed by atoms with Gasteiger partial charge >= 0.3 is 0 Å². The summed E-state index contributed by atoms with van der Waals surface area (Å²) >= 11 is 0. The van der Waals surface area contributed by atoms with Crippen LogP contribution in [0.3, 0.4) is 0 Å². The summed E-state index contributed by atoms with van der Waals surface area (Å²) in [5.41, 5.74) is 7.23. The second-order valence-electron chi connectivity index (χ2n) is 7.24. The maximum absolute atomic E-state index is 13.2. The van der Waals surface area contributed by atoms with Gasteiger partial charge in [0.05, 0.1) is 0 Å². The van der Waals surface area contributed by atoms with Crippen LogP contribution in [0.15, 0.2) is 30.3 Å². The Labute approximate surface area is 140 Å². The molecule has 2 saturated carbocycles. The molecule has 0 saturated heterocycles. The third kappa shape index (κ3) is 3.95. The Hall–Kier alpha value is -1.35. The molecule has 3 nitrogen and oxygen atoms in total. The van der Waals surface area contributed by atoms with Gasteiger partial charge in [-0.3, -0.25) is 4.79 Å². The van der Waals surface area contributed by atoms with Gasteiger partial charge in [-0.05, 0) is 50.1 Å². The van der Waals surface area contributed by atoms with Crippen LogP contribution in [0.4, 0.5) is 0 Å². The molecule has 1 aromatic rings. The third-order valence-electron chi connectivity index (χ3n) is 5.81. The van der Waals surface area contributed by atoms with Crippen molar-refractivity contribution in [3.8, 4) is 0 Å². The highest BCUT2D eigenvalue weighted by atomic mass is 16.2. The zero-order chi connectivity index (χ0) is 16.1. The smallest absolute Gasteiger partial charge is 0.226 e. The molecule has 2 atom stereocenters. The Bertz CT molecular complexity index is 496.